The summed E-state index contributed by atoms with van der Waals surface area (Å²) in [6.07, 6.45) is 2.15. The monoisotopic (exact) mass is 420 g/mol. The van der Waals surface area contributed by atoms with E-state index in [2.05, 4.69) is 37.6 Å². The number of halogens is 1. The maximum absolute atomic E-state index is 6.03. The molecule has 9 heteroatoms. The second-order valence-corrected chi connectivity index (χ2v) is 7.41. The highest BCUT2D eigenvalue weighted by Crippen LogP contribution is 2.20. The van der Waals surface area contributed by atoms with Crippen LogP contribution < -0.4 is 10.6 Å². The zero-order valence-electron chi connectivity index (χ0n) is 17.0. The Hall–Kier alpha value is -2.16. The van der Waals surface area contributed by atoms with E-state index < -0.39 is 0 Å². The first-order chi connectivity index (χ1) is 14.2. The van der Waals surface area contributed by atoms with E-state index in [1.54, 1.807) is 7.11 Å². The molecule has 0 aliphatic carbocycles. The molecule has 2 N–H and O–H groups in total. The molecule has 1 aromatic heterocycles. The van der Waals surface area contributed by atoms with Crippen LogP contribution in [0, 0.1) is 0 Å². The van der Waals surface area contributed by atoms with Crippen molar-refractivity contribution in [1.29, 1.82) is 0 Å². The largest absolute Gasteiger partial charge is 0.383 e. The minimum absolute atomic E-state index is 0.315. The van der Waals surface area contributed by atoms with Gasteiger partial charge in [-0.2, -0.15) is 4.98 Å². The summed E-state index contributed by atoms with van der Waals surface area (Å²) in [6.45, 7) is 7.05. The lowest BCUT2D eigenvalue weighted by Crippen LogP contribution is -2.49. The van der Waals surface area contributed by atoms with E-state index >= 15 is 0 Å². The van der Waals surface area contributed by atoms with Gasteiger partial charge in [0.05, 0.1) is 6.61 Å². The van der Waals surface area contributed by atoms with Crippen LogP contribution in [0.25, 0.3) is 11.4 Å². The van der Waals surface area contributed by atoms with E-state index in [9.17, 15) is 0 Å². The minimum Gasteiger partial charge on any atom is -0.383 e. The van der Waals surface area contributed by atoms with Crippen LogP contribution in [0.5, 0.6) is 0 Å². The number of aromatic nitrogens is 2. The van der Waals surface area contributed by atoms with Crippen LogP contribution in [0.15, 0.2) is 33.8 Å². The molecule has 1 aliphatic heterocycles. The van der Waals surface area contributed by atoms with Crippen LogP contribution in [0.4, 0.5) is 0 Å². The molecule has 0 radical (unpaired) electrons. The zero-order chi connectivity index (χ0) is 20.5. The number of aliphatic imine (C=N–C) groups is 1. The molecule has 2 aromatic rings. The molecule has 0 amide bonds. The first-order valence-corrected chi connectivity index (χ1v) is 10.4. The van der Waals surface area contributed by atoms with Gasteiger partial charge in [-0.3, -0.25) is 0 Å². The van der Waals surface area contributed by atoms with E-state index in [1.165, 1.54) is 0 Å². The Morgan fingerprint density at radius 3 is 2.93 bits per heavy atom. The molecule has 0 spiro atoms. The topological polar surface area (TPSA) is 87.8 Å². The molecule has 29 heavy (non-hydrogen) atoms. The molecule has 0 atom stereocenters. The van der Waals surface area contributed by atoms with Crippen molar-refractivity contribution in [3.63, 3.8) is 0 Å². The van der Waals surface area contributed by atoms with Gasteiger partial charge in [-0.05, 0) is 31.9 Å². The molecule has 1 aliphatic rings. The molecule has 158 valence electrons. The highest BCUT2D eigenvalue weighted by molar-refractivity contribution is 6.30. The first-order valence-electron chi connectivity index (χ1n) is 10.0. The average molecular weight is 421 g/mol. The smallest absolute Gasteiger partial charge is 0.248 e. The summed E-state index contributed by atoms with van der Waals surface area (Å²) in [4.78, 5) is 11.5. The minimum atomic E-state index is 0.315. The van der Waals surface area contributed by atoms with Gasteiger partial charge in [0.25, 0.3) is 0 Å². The Morgan fingerprint density at radius 2 is 2.21 bits per heavy atom. The van der Waals surface area contributed by atoms with Crippen LogP contribution in [-0.2, 0) is 11.3 Å². The quantitative estimate of drug-likeness (QED) is 0.501. The number of nitrogens with one attached hydrogen (secondary N) is 2. The maximum Gasteiger partial charge on any atom is 0.248 e. The van der Waals surface area contributed by atoms with Crippen molar-refractivity contribution in [3.8, 4) is 11.4 Å². The summed E-state index contributed by atoms with van der Waals surface area (Å²) >= 11 is 6.03. The van der Waals surface area contributed by atoms with Crippen LogP contribution in [0.1, 0.15) is 25.7 Å². The predicted molar refractivity (Wildman–Crippen MR) is 114 cm³/mol. The van der Waals surface area contributed by atoms with E-state index in [4.69, 9.17) is 20.9 Å². The lowest BCUT2D eigenvalue weighted by molar-refractivity contribution is 0.128. The first kappa shape index (κ1) is 21.5. The molecular weight excluding hydrogens is 392 g/mol. The maximum atomic E-state index is 6.03. The number of ether oxygens (including phenoxy) is 1. The molecule has 8 nitrogen and oxygen atoms in total. The van der Waals surface area contributed by atoms with Gasteiger partial charge in [-0.1, -0.05) is 28.9 Å². The fourth-order valence-corrected chi connectivity index (χ4v) is 3.44. The lowest BCUT2D eigenvalue weighted by Gasteiger charge is -2.32. The van der Waals surface area contributed by atoms with Gasteiger partial charge < -0.3 is 24.8 Å². The molecule has 0 saturated carbocycles. The Kier molecular flexibility index (Phi) is 8.27. The lowest BCUT2D eigenvalue weighted by atomic mass is 10.1. The third-order valence-electron chi connectivity index (χ3n) is 4.81. The van der Waals surface area contributed by atoms with Crippen molar-refractivity contribution in [1.82, 2.24) is 25.7 Å². The summed E-state index contributed by atoms with van der Waals surface area (Å²) in [6, 6.07) is 7.78. The van der Waals surface area contributed by atoms with Crippen molar-refractivity contribution < 1.29 is 9.26 Å². The predicted octanol–water partition coefficient (Wildman–Crippen LogP) is 2.56. The molecule has 1 fully saturated rings. The number of hydrogen-bond acceptors (Lipinski definition) is 6. The number of benzene rings is 1. The number of rotatable bonds is 8. The highest BCUT2D eigenvalue weighted by atomic mass is 35.5. The highest BCUT2D eigenvalue weighted by Gasteiger charge is 2.19. The standard InChI is InChI=1S/C20H29ClN6O2/c1-3-22-20(24-17-7-9-27(10-8-17)11-12-28-2)23-14-18-25-19(26-29-18)15-5-4-6-16(21)13-15/h4-6,13,17H,3,7-12,14H2,1-2H3,(H2,22,23,24). The van der Waals surface area contributed by atoms with Crippen LogP contribution in [0.2, 0.25) is 5.02 Å². The number of hydrogen-bond donors (Lipinski definition) is 2. The van der Waals surface area contributed by atoms with E-state index in [-0.39, 0.29) is 0 Å². The van der Waals surface area contributed by atoms with E-state index in [1.807, 2.05) is 24.3 Å². The fourth-order valence-electron chi connectivity index (χ4n) is 3.25. The Morgan fingerprint density at radius 1 is 1.38 bits per heavy atom. The van der Waals surface area contributed by atoms with Crippen molar-refractivity contribution >= 4 is 17.6 Å². The third-order valence-corrected chi connectivity index (χ3v) is 5.04. The van der Waals surface area contributed by atoms with Gasteiger partial charge in [-0.25, -0.2) is 4.99 Å². The molecule has 3 rings (SSSR count). The van der Waals surface area contributed by atoms with Crippen LogP contribution in [0.3, 0.4) is 0 Å². The molecule has 0 bridgehead atoms. The van der Waals surface area contributed by atoms with Gasteiger partial charge in [-0.15, -0.1) is 0 Å². The molecule has 2 heterocycles. The molecular formula is C20H29ClN6O2. The summed E-state index contributed by atoms with van der Waals surface area (Å²) in [5.41, 5.74) is 0.821. The van der Waals surface area contributed by atoms with Crippen molar-refractivity contribution in [2.75, 3.05) is 39.9 Å². The number of nitrogens with zero attached hydrogens (tertiary/aromatic N) is 4. The van der Waals surface area contributed by atoms with Gasteiger partial charge in [0.1, 0.15) is 6.54 Å². The van der Waals surface area contributed by atoms with Gasteiger partial charge in [0.2, 0.25) is 11.7 Å². The van der Waals surface area contributed by atoms with Crippen LogP contribution in [-0.4, -0.2) is 66.9 Å². The van der Waals surface area contributed by atoms with E-state index in [0.29, 0.717) is 29.3 Å². The molecule has 1 aromatic carbocycles. The van der Waals surface area contributed by atoms with Gasteiger partial charge in [0.15, 0.2) is 5.96 Å². The average Bonchev–Trinajstić information content (AvgIpc) is 3.21. The van der Waals surface area contributed by atoms with Gasteiger partial charge >= 0.3 is 0 Å². The van der Waals surface area contributed by atoms with E-state index in [0.717, 1.165) is 57.2 Å². The Balaban J connectivity index is 1.54. The molecule has 1 saturated heterocycles. The second kappa shape index (κ2) is 11.1. The fraction of sp³-hybridized carbons (Fsp3) is 0.550. The van der Waals surface area contributed by atoms with Crippen LogP contribution >= 0.6 is 11.6 Å². The molecule has 0 unspecified atom stereocenters. The van der Waals surface area contributed by atoms with Gasteiger partial charge in [0, 0.05) is 49.9 Å². The Labute approximate surface area is 176 Å². The Bertz CT molecular complexity index is 789. The number of piperidine rings is 1. The van der Waals surface area contributed by atoms with Crippen molar-refractivity contribution in [2.45, 2.75) is 32.4 Å². The number of methoxy groups -OCH3 is 1. The normalized spacial score (nSPS) is 16.2. The van der Waals surface area contributed by atoms with Crippen molar-refractivity contribution in [2.24, 2.45) is 4.99 Å². The number of likely N-dealkylation sites (tertiary alicyclic amines) is 1. The zero-order valence-corrected chi connectivity index (χ0v) is 17.8. The summed E-state index contributed by atoms with van der Waals surface area (Å²) in [5, 5.41) is 11.5. The summed E-state index contributed by atoms with van der Waals surface area (Å²) < 4.78 is 10.5. The second-order valence-electron chi connectivity index (χ2n) is 6.97. The SMILES string of the molecule is CCNC(=NCc1nc(-c2cccc(Cl)c2)no1)NC1CCN(CCOC)CC1. The summed E-state index contributed by atoms with van der Waals surface area (Å²) in [5.74, 6) is 1.75. The number of guanidine groups is 1. The van der Waals surface area contributed by atoms with Crippen molar-refractivity contribution in [3.05, 3.63) is 35.2 Å². The summed E-state index contributed by atoms with van der Waals surface area (Å²) in [7, 11) is 1.74. The third kappa shape index (κ3) is 6.69.